The van der Waals surface area contributed by atoms with Crippen LogP contribution in [0.25, 0.3) is 0 Å². The van der Waals surface area contributed by atoms with E-state index in [-0.39, 0.29) is 17.6 Å². The van der Waals surface area contributed by atoms with Gasteiger partial charge in [0.2, 0.25) is 5.91 Å². The van der Waals surface area contributed by atoms with Crippen LogP contribution in [-0.4, -0.2) is 37.6 Å². The van der Waals surface area contributed by atoms with E-state index in [0.29, 0.717) is 5.56 Å². The van der Waals surface area contributed by atoms with Crippen LogP contribution in [0.1, 0.15) is 32.3 Å². The van der Waals surface area contributed by atoms with Gasteiger partial charge in [-0.15, -0.1) is 0 Å². The first-order chi connectivity index (χ1) is 10.8. The standard InChI is InChI=1S/C17H24F2N2O2/c1-17(2,13-8-4-5-9-14(13)23-16(18)19)20-15(22)12-7-6-10-21(3)11-12/h4-5,8-9,12,16H,6-7,10-11H2,1-3H3,(H,20,22)/t12-/m0/s1. The molecule has 128 valence electrons. The molecule has 0 bridgehead atoms. The Morgan fingerprint density at radius 3 is 2.74 bits per heavy atom. The normalized spacial score (nSPS) is 19.7. The van der Waals surface area contributed by atoms with Crippen LogP contribution in [0.4, 0.5) is 8.78 Å². The fourth-order valence-corrected chi connectivity index (χ4v) is 3.04. The molecule has 1 heterocycles. The van der Waals surface area contributed by atoms with E-state index < -0.39 is 12.2 Å². The van der Waals surface area contributed by atoms with E-state index in [1.54, 1.807) is 32.0 Å². The minimum atomic E-state index is -2.89. The second-order valence-corrected chi connectivity index (χ2v) is 6.59. The third-order valence-corrected chi connectivity index (χ3v) is 4.21. The first-order valence-corrected chi connectivity index (χ1v) is 7.84. The highest BCUT2D eigenvalue weighted by Gasteiger charge is 2.31. The highest BCUT2D eigenvalue weighted by atomic mass is 19.3. The first-order valence-electron chi connectivity index (χ1n) is 7.84. The van der Waals surface area contributed by atoms with Crippen molar-refractivity contribution in [3.8, 4) is 5.75 Å². The Bertz CT molecular complexity index is 549. The van der Waals surface area contributed by atoms with Gasteiger partial charge < -0.3 is 15.0 Å². The molecule has 23 heavy (non-hydrogen) atoms. The number of benzene rings is 1. The summed E-state index contributed by atoms with van der Waals surface area (Å²) in [6.07, 6.45) is 1.83. The number of hydrogen-bond acceptors (Lipinski definition) is 3. The number of likely N-dealkylation sites (tertiary alicyclic amines) is 1. The van der Waals surface area contributed by atoms with Crippen molar-refractivity contribution in [3.63, 3.8) is 0 Å². The molecule has 4 nitrogen and oxygen atoms in total. The summed E-state index contributed by atoms with van der Waals surface area (Å²) in [6.45, 7) is 2.42. The van der Waals surface area contributed by atoms with E-state index >= 15 is 0 Å². The summed E-state index contributed by atoms with van der Waals surface area (Å²) >= 11 is 0. The van der Waals surface area contributed by atoms with Gasteiger partial charge in [0.15, 0.2) is 0 Å². The SMILES string of the molecule is CN1CCC[C@H](C(=O)NC(C)(C)c2ccccc2OC(F)F)C1. The lowest BCUT2D eigenvalue weighted by Crippen LogP contribution is -2.48. The molecule has 2 rings (SSSR count). The average Bonchev–Trinajstić information content (AvgIpc) is 2.46. The summed E-state index contributed by atoms with van der Waals surface area (Å²) in [5.41, 5.74) is -0.253. The third-order valence-electron chi connectivity index (χ3n) is 4.21. The Hall–Kier alpha value is -1.69. The van der Waals surface area contributed by atoms with Gasteiger partial charge in [-0.2, -0.15) is 8.78 Å². The summed E-state index contributed by atoms with van der Waals surface area (Å²) in [7, 11) is 2.00. The van der Waals surface area contributed by atoms with Crippen LogP contribution in [0.5, 0.6) is 5.75 Å². The highest BCUT2D eigenvalue weighted by molar-refractivity contribution is 5.80. The van der Waals surface area contributed by atoms with Crippen molar-refractivity contribution in [2.45, 2.75) is 38.8 Å². The highest BCUT2D eigenvalue weighted by Crippen LogP contribution is 2.31. The number of amides is 1. The molecule has 0 radical (unpaired) electrons. The molecule has 0 unspecified atom stereocenters. The lowest BCUT2D eigenvalue weighted by Gasteiger charge is -2.34. The molecule has 1 aromatic carbocycles. The number of nitrogens with one attached hydrogen (secondary N) is 1. The first kappa shape index (κ1) is 17.7. The van der Waals surface area contributed by atoms with Crippen molar-refractivity contribution in [1.82, 2.24) is 10.2 Å². The number of hydrogen-bond donors (Lipinski definition) is 1. The number of piperidine rings is 1. The molecule has 1 N–H and O–H groups in total. The summed E-state index contributed by atoms with van der Waals surface area (Å²) in [5.74, 6) is -0.0295. The van der Waals surface area contributed by atoms with Crippen molar-refractivity contribution in [2.24, 2.45) is 5.92 Å². The largest absolute Gasteiger partial charge is 0.434 e. The molecule has 0 aromatic heterocycles. The van der Waals surface area contributed by atoms with E-state index in [4.69, 9.17) is 0 Å². The zero-order valence-corrected chi connectivity index (χ0v) is 13.8. The number of para-hydroxylation sites is 1. The smallest absolute Gasteiger partial charge is 0.387 e. The van der Waals surface area contributed by atoms with Crippen molar-refractivity contribution in [2.75, 3.05) is 20.1 Å². The van der Waals surface area contributed by atoms with E-state index in [9.17, 15) is 13.6 Å². The summed E-state index contributed by atoms with van der Waals surface area (Å²) in [4.78, 5) is 14.7. The van der Waals surface area contributed by atoms with Crippen molar-refractivity contribution < 1.29 is 18.3 Å². The number of halogens is 2. The van der Waals surface area contributed by atoms with E-state index in [0.717, 1.165) is 25.9 Å². The van der Waals surface area contributed by atoms with Crippen LogP contribution in [0.3, 0.4) is 0 Å². The van der Waals surface area contributed by atoms with Gasteiger partial charge >= 0.3 is 6.61 Å². The molecule has 1 atom stereocenters. The molecule has 0 spiro atoms. The van der Waals surface area contributed by atoms with Gasteiger partial charge in [0.1, 0.15) is 5.75 Å². The zero-order chi connectivity index (χ0) is 17.0. The van der Waals surface area contributed by atoms with Crippen molar-refractivity contribution in [3.05, 3.63) is 29.8 Å². The van der Waals surface area contributed by atoms with Crippen molar-refractivity contribution >= 4 is 5.91 Å². The lowest BCUT2D eigenvalue weighted by molar-refractivity contribution is -0.128. The van der Waals surface area contributed by atoms with Gasteiger partial charge in [-0.3, -0.25) is 4.79 Å². The Morgan fingerprint density at radius 1 is 1.39 bits per heavy atom. The number of carbonyl (C=O) groups excluding carboxylic acids is 1. The topological polar surface area (TPSA) is 41.6 Å². The molecule has 1 aliphatic rings. The third kappa shape index (κ3) is 4.64. The van der Waals surface area contributed by atoms with Gasteiger partial charge in [0.25, 0.3) is 0 Å². The Morgan fingerprint density at radius 2 is 2.09 bits per heavy atom. The second-order valence-electron chi connectivity index (χ2n) is 6.59. The molecular weight excluding hydrogens is 302 g/mol. The molecule has 1 aromatic rings. The van der Waals surface area contributed by atoms with E-state index in [1.807, 2.05) is 7.05 Å². The van der Waals surface area contributed by atoms with E-state index in [2.05, 4.69) is 15.0 Å². The Balaban J connectivity index is 2.13. The minimum Gasteiger partial charge on any atom is -0.434 e. The van der Waals surface area contributed by atoms with Crippen LogP contribution >= 0.6 is 0 Å². The molecular formula is C17H24F2N2O2. The maximum Gasteiger partial charge on any atom is 0.387 e. The van der Waals surface area contributed by atoms with Crippen LogP contribution in [-0.2, 0) is 10.3 Å². The number of nitrogens with zero attached hydrogens (tertiary/aromatic N) is 1. The molecule has 0 saturated carbocycles. The molecule has 1 aliphatic heterocycles. The maximum atomic E-state index is 12.6. The minimum absolute atomic E-state index is 0.0478. The number of alkyl halides is 2. The fraction of sp³-hybridized carbons (Fsp3) is 0.588. The Labute approximate surface area is 135 Å². The van der Waals surface area contributed by atoms with Crippen LogP contribution in [0.2, 0.25) is 0 Å². The number of carbonyl (C=O) groups is 1. The molecule has 6 heteroatoms. The number of ether oxygens (including phenoxy) is 1. The van der Waals surface area contributed by atoms with Gasteiger partial charge in [-0.05, 0) is 46.3 Å². The second kappa shape index (κ2) is 7.25. The predicted octanol–water partition coefficient (Wildman–Crippen LogP) is 2.98. The van der Waals surface area contributed by atoms with E-state index in [1.165, 1.54) is 6.07 Å². The summed E-state index contributed by atoms with van der Waals surface area (Å²) in [6, 6.07) is 6.57. The molecule has 1 fully saturated rings. The monoisotopic (exact) mass is 326 g/mol. The summed E-state index contributed by atoms with van der Waals surface area (Å²) in [5, 5.41) is 2.99. The van der Waals surface area contributed by atoms with Crippen LogP contribution in [0, 0.1) is 5.92 Å². The predicted molar refractivity (Wildman–Crippen MR) is 84.5 cm³/mol. The maximum absolute atomic E-state index is 12.6. The summed E-state index contributed by atoms with van der Waals surface area (Å²) < 4.78 is 29.7. The molecule has 0 aliphatic carbocycles. The number of rotatable bonds is 5. The van der Waals surface area contributed by atoms with Gasteiger partial charge in [0, 0.05) is 12.1 Å². The van der Waals surface area contributed by atoms with Crippen LogP contribution in [0.15, 0.2) is 24.3 Å². The Kier molecular flexibility index (Phi) is 5.57. The fourth-order valence-electron chi connectivity index (χ4n) is 3.04. The lowest BCUT2D eigenvalue weighted by atomic mass is 9.90. The molecule has 1 saturated heterocycles. The van der Waals surface area contributed by atoms with Gasteiger partial charge in [-0.1, -0.05) is 18.2 Å². The van der Waals surface area contributed by atoms with Gasteiger partial charge in [-0.25, -0.2) is 0 Å². The van der Waals surface area contributed by atoms with Gasteiger partial charge in [0.05, 0.1) is 11.5 Å². The average molecular weight is 326 g/mol. The molecule has 1 amide bonds. The quantitative estimate of drug-likeness (QED) is 0.904. The van der Waals surface area contributed by atoms with Crippen LogP contribution < -0.4 is 10.1 Å². The zero-order valence-electron chi connectivity index (χ0n) is 13.8. The van der Waals surface area contributed by atoms with Crippen molar-refractivity contribution in [1.29, 1.82) is 0 Å².